The highest BCUT2D eigenvalue weighted by Gasteiger charge is 2.30. The minimum absolute atomic E-state index is 0.00866. The van der Waals surface area contributed by atoms with E-state index >= 15 is 0 Å². The van der Waals surface area contributed by atoms with Gasteiger partial charge in [0.15, 0.2) is 5.82 Å². The van der Waals surface area contributed by atoms with Crippen LogP contribution >= 0.6 is 0 Å². The van der Waals surface area contributed by atoms with Crippen LogP contribution in [0.15, 0.2) is 36.4 Å². The molecular formula is C25H31F6N3O. The van der Waals surface area contributed by atoms with Crippen LogP contribution in [-0.2, 0) is 17.5 Å². The molecule has 0 aromatic heterocycles. The zero-order chi connectivity index (χ0) is 26.0. The lowest BCUT2D eigenvalue weighted by Gasteiger charge is -2.16. The first-order valence-electron chi connectivity index (χ1n) is 11.6. The van der Waals surface area contributed by atoms with Crippen molar-refractivity contribution in [1.82, 2.24) is 0 Å². The molecule has 0 spiro atoms. The van der Waals surface area contributed by atoms with Gasteiger partial charge in [0.2, 0.25) is 6.17 Å². The molecule has 1 amide bonds. The van der Waals surface area contributed by atoms with Gasteiger partial charge in [0.1, 0.15) is 6.17 Å². The highest BCUT2D eigenvalue weighted by Crippen LogP contribution is 2.31. The standard InChI is InChI=1S/C25H31F6N3O/c1-2-3-4-5-6-7-8-18(26)21(27)24(35)34-20-14-13-19(22(28)23(20)32)33-15-16-9-11-17(12-10-16)25(29,30)31/h9-14,18,21,33H,2-8,15,32H2,1H3,(H,34,35)/t18-,21-/m0/s1. The maximum atomic E-state index is 14.6. The third kappa shape index (κ3) is 8.67. The minimum Gasteiger partial charge on any atom is -0.395 e. The molecule has 35 heavy (non-hydrogen) atoms. The summed E-state index contributed by atoms with van der Waals surface area (Å²) in [5.41, 5.74) is 4.63. The number of unbranched alkanes of at least 4 members (excludes halogenated alkanes) is 5. The monoisotopic (exact) mass is 503 g/mol. The minimum atomic E-state index is -4.46. The molecule has 0 aliphatic carbocycles. The van der Waals surface area contributed by atoms with Crippen LogP contribution in [0.2, 0.25) is 0 Å². The second-order valence-electron chi connectivity index (χ2n) is 8.40. The van der Waals surface area contributed by atoms with Gasteiger partial charge < -0.3 is 16.4 Å². The molecule has 0 aliphatic heterocycles. The number of halogens is 6. The number of nitrogens with one attached hydrogen (secondary N) is 2. The fourth-order valence-corrected chi connectivity index (χ4v) is 3.48. The summed E-state index contributed by atoms with van der Waals surface area (Å²) >= 11 is 0. The van der Waals surface area contributed by atoms with Crippen molar-refractivity contribution in [3.63, 3.8) is 0 Å². The molecule has 4 nitrogen and oxygen atoms in total. The average molecular weight is 504 g/mol. The average Bonchev–Trinajstić information content (AvgIpc) is 2.82. The number of carbonyl (C=O) groups is 1. The molecule has 0 aliphatic rings. The van der Waals surface area contributed by atoms with Crippen LogP contribution in [0, 0.1) is 5.82 Å². The van der Waals surface area contributed by atoms with Gasteiger partial charge in [0.05, 0.1) is 22.6 Å². The molecule has 0 unspecified atom stereocenters. The maximum absolute atomic E-state index is 14.6. The molecule has 0 heterocycles. The first-order valence-corrected chi connectivity index (χ1v) is 11.6. The maximum Gasteiger partial charge on any atom is 0.416 e. The van der Waals surface area contributed by atoms with Gasteiger partial charge in [-0.2, -0.15) is 13.2 Å². The largest absolute Gasteiger partial charge is 0.416 e. The zero-order valence-corrected chi connectivity index (χ0v) is 19.5. The zero-order valence-electron chi connectivity index (χ0n) is 19.5. The molecule has 0 saturated heterocycles. The summed E-state index contributed by atoms with van der Waals surface area (Å²) < 4.78 is 80.9. The fourth-order valence-electron chi connectivity index (χ4n) is 3.48. The fraction of sp³-hybridized carbons (Fsp3) is 0.480. The van der Waals surface area contributed by atoms with Gasteiger partial charge in [-0.1, -0.05) is 57.6 Å². The van der Waals surface area contributed by atoms with Crippen LogP contribution in [0.4, 0.5) is 43.4 Å². The highest BCUT2D eigenvalue weighted by atomic mass is 19.4. The number of hydrogen-bond acceptors (Lipinski definition) is 3. The van der Waals surface area contributed by atoms with E-state index in [0.717, 1.165) is 44.2 Å². The summed E-state index contributed by atoms with van der Waals surface area (Å²) in [6.07, 6.45) is -3.57. The second kappa shape index (κ2) is 13.3. The third-order valence-electron chi connectivity index (χ3n) is 5.60. The van der Waals surface area contributed by atoms with E-state index in [1.54, 1.807) is 0 Å². The number of anilines is 3. The van der Waals surface area contributed by atoms with Crippen LogP contribution in [0.1, 0.15) is 63.0 Å². The molecule has 0 fully saturated rings. The van der Waals surface area contributed by atoms with Gasteiger partial charge in [0, 0.05) is 6.54 Å². The van der Waals surface area contributed by atoms with E-state index in [2.05, 4.69) is 17.6 Å². The van der Waals surface area contributed by atoms with Crippen LogP contribution in [0.5, 0.6) is 0 Å². The predicted molar refractivity (Wildman–Crippen MR) is 126 cm³/mol. The van der Waals surface area contributed by atoms with Crippen LogP contribution in [-0.4, -0.2) is 18.3 Å². The Labute approximate surface area is 201 Å². The van der Waals surface area contributed by atoms with Gasteiger partial charge in [-0.25, -0.2) is 13.2 Å². The number of amides is 1. The second-order valence-corrected chi connectivity index (χ2v) is 8.40. The molecule has 2 atom stereocenters. The Hall–Kier alpha value is -2.91. The molecular weight excluding hydrogens is 472 g/mol. The smallest absolute Gasteiger partial charge is 0.395 e. The van der Waals surface area contributed by atoms with Crippen molar-refractivity contribution >= 4 is 23.0 Å². The normalized spacial score (nSPS) is 13.3. The molecule has 4 N–H and O–H groups in total. The summed E-state index contributed by atoms with van der Waals surface area (Å²) in [7, 11) is 0. The Bertz CT molecular complexity index is 949. The Kier molecular flexibility index (Phi) is 10.7. The van der Waals surface area contributed by atoms with E-state index in [-0.39, 0.29) is 24.3 Å². The first-order chi connectivity index (χ1) is 16.5. The quantitative estimate of drug-likeness (QED) is 0.152. The SMILES string of the molecule is CCCCCCCC[C@H](F)[C@H](F)C(=O)Nc1ccc(NCc2ccc(C(F)(F)F)cc2)c(F)c1N. The number of benzene rings is 2. The van der Waals surface area contributed by atoms with E-state index in [4.69, 9.17) is 5.73 Å². The molecule has 2 aromatic rings. The molecule has 2 rings (SSSR count). The van der Waals surface area contributed by atoms with Gasteiger partial charge in [-0.3, -0.25) is 4.79 Å². The van der Waals surface area contributed by atoms with Crippen LogP contribution in [0.3, 0.4) is 0 Å². The van der Waals surface area contributed by atoms with E-state index in [0.29, 0.717) is 12.0 Å². The number of nitrogens with two attached hydrogens (primary N) is 1. The number of rotatable bonds is 13. The van der Waals surface area contributed by atoms with Crippen molar-refractivity contribution in [2.24, 2.45) is 0 Å². The van der Waals surface area contributed by atoms with Gasteiger partial charge in [-0.15, -0.1) is 0 Å². The Balaban J connectivity index is 1.90. The van der Waals surface area contributed by atoms with E-state index < -0.39 is 41.5 Å². The molecule has 0 saturated carbocycles. The number of nitrogen functional groups attached to an aromatic ring is 1. The lowest BCUT2D eigenvalue weighted by molar-refractivity contribution is -0.137. The number of hydrogen-bond donors (Lipinski definition) is 3. The number of alkyl halides is 5. The van der Waals surface area contributed by atoms with E-state index in [1.807, 2.05) is 0 Å². The predicted octanol–water partition coefficient (Wildman–Crippen LogP) is 7.40. The van der Waals surface area contributed by atoms with Gasteiger partial charge in [-0.05, 0) is 36.2 Å². The Morgan fingerprint density at radius 1 is 0.943 bits per heavy atom. The highest BCUT2D eigenvalue weighted by molar-refractivity contribution is 5.97. The van der Waals surface area contributed by atoms with Crippen molar-refractivity contribution in [2.45, 2.75) is 76.9 Å². The van der Waals surface area contributed by atoms with Crippen LogP contribution in [0.25, 0.3) is 0 Å². The van der Waals surface area contributed by atoms with E-state index in [1.165, 1.54) is 24.3 Å². The van der Waals surface area contributed by atoms with Crippen molar-refractivity contribution in [1.29, 1.82) is 0 Å². The molecule has 2 aromatic carbocycles. The third-order valence-corrected chi connectivity index (χ3v) is 5.60. The van der Waals surface area contributed by atoms with Gasteiger partial charge in [0.25, 0.3) is 5.91 Å². The molecule has 0 radical (unpaired) electrons. The molecule has 194 valence electrons. The summed E-state index contributed by atoms with van der Waals surface area (Å²) in [5.74, 6) is -2.19. The van der Waals surface area contributed by atoms with Crippen molar-refractivity contribution in [3.8, 4) is 0 Å². The summed E-state index contributed by atoms with van der Waals surface area (Å²) in [4.78, 5) is 12.1. The summed E-state index contributed by atoms with van der Waals surface area (Å²) in [6, 6.07) is 6.81. The van der Waals surface area contributed by atoms with Crippen molar-refractivity contribution in [2.75, 3.05) is 16.4 Å². The Morgan fingerprint density at radius 3 is 2.17 bits per heavy atom. The van der Waals surface area contributed by atoms with Crippen molar-refractivity contribution in [3.05, 3.63) is 53.3 Å². The first kappa shape index (κ1) is 28.3. The Morgan fingerprint density at radius 2 is 1.54 bits per heavy atom. The lowest BCUT2D eigenvalue weighted by Crippen LogP contribution is -2.32. The van der Waals surface area contributed by atoms with Crippen molar-refractivity contribution < 1.29 is 31.1 Å². The molecule has 10 heteroatoms. The van der Waals surface area contributed by atoms with Crippen LogP contribution < -0.4 is 16.4 Å². The topological polar surface area (TPSA) is 67.2 Å². The summed E-state index contributed by atoms with van der Waals surface area (Å²) in [6.45, 7) is 2.09. The number of carbonyl (C=O) groups excluding carboxylic acids is 1. The lowest BCUT2D eigenvalue weighted by atomic mass is 10.0. The van der Waals surface area contributed by atoms with E-state index in [9.17, 15) is 31.1 Å². The molecule has 0 bridgehead atoms. The summed E-state index contributed by atoms with van der Waals surface area (Å²) in [5, 5.41) is 4.83. The van der Waals surface area contributed by atoms with Gasteiger partial charge >= 0.3 is 6.18 Å².